The Bertz CT molecular complexity index is 464. The Morgan fingerprint density at radius 2 is 2.28 bits per heavy atom. The molecule has 1 aromatic carbocycles. The fourth-order valence-electron chi connectivity index (χ4n) is 1.46. The van der Waals surface area contributed by atoms with Gasteiger partial charge in [-0.05, 0) is 25.5 Å². The van der Waals surface area contributed by atoms with E-state index in [1.807, 2.05) is 0 Å². The summed E-state index contributed by atoms with van der Waals surface area (Å²) in [5, 5.41) is 22.6. The molecule has 2 N–H and O–H groups in total. The van der Waals surface area contributed by atoms with Crippen LogP contribution in [0.3, 0.4) is 0 Å². The van der Waals surface area contributed by atoms with Crippen LogP contribution in [0.5, 0.6) is 0 Å². The molecule has 1 unspecified atom stereocenters. The second kappa shape index (κ2) is 6.20. The van der Waals surface area contributed by atoms with Crippen LogP contribution < -0.4 is 5.32 Å². The number of nitrogens with zero attached hydrogens (tertiary/aromatic N) is 1. The molecular formula is C11H13ClN2O4. The van der Waals surface area contributed by atoms with E-state index in [1.165, 1.54) is 12.1 Å². The number of rotatable bonds is 6. The lowest BCUT2D eigenvalue weighted by Gasteiger charge is -2.14. The average Bonchev–Trinajstić information content (AvgIpc) is 2.28. The lowest BCUT2D eigenvalue weighted by atomic mass is 10.1. The number of hydrogen-bond donors (Lipinski definition) is 2. The molecule has 0 aliphatic rings. The number of nitro groups is 1. The van der Waals surface area contributed by atoms with Crippen molar-refractivity contribution in [2.45, 2.75) is 25.8 Å². The van der Waals surface area contributed by atoms with Crippen LogP contribution in [0, 0.1) is 10.1 Å². The van der Waals surface area contributed by atoms with Crippen molar-refractivity contribution in [2.24, 2.45) is 0 Å². The Balaban J connectivity index is 2.77. The van der Waals surface area contributed by atoms with Gasteiger partial charge in [0.2, 0.25) is 0 Å². The monoisotopic (exact) mass is 272 g/mol. The second-order valence-corrected chi connectivity index (χ2v) is 4.33. The molecular weight excluding hydrogens is 260 g/mol. The third-order valence-electron chi connectivity index (χ3n) is 2.35. The molecule has 0 amide bonds. The summed E-state index contributed by atoms with van der Waals surface area (Å²) in [4.78, 5) is 20.7. The molecule has 7 heteroatoms. The van der Waals surface area contributed by atoms with Gasteiger partial charge < -0.3 is 10.4 Å². The number of anilines is 1. The minimum Gasteiger partial charge on any atom is -0.481 e. The van der Waals surface area contributed by atoms with E-state index < -0.39 is 10.9 Å². The van der Waals surface area contributed by atoms with Gasteiger partial charge in [0.25, 0.3) is 5.69 Å². The van der Waals surface area contributed by atoms with Crippen molar-refractivity contribution in [3.8, 4) is 0 Å². The first-order chi connectivity index (χ1) is 8.40. The number of aliphatic carboxylic acids is 1. The lowest BCUT2D eigenvalue weighted by molar-refractivity contribution is -0.384. The number of carboxylic acids is 1. The van der Waals surface area contributed by atoms with Gasteiger partial charge >= 0.3 is 5.97 Å². The number of benzene rings is 1. The third-order valence-corrected chi connectivity index (χ3v) is 2.58. The highest BCUT2D eigenvalue weighted by Crippen LogP contribution is 2.28. The van der Waals surface area contributed by atoms with Crippen LogP contribution in [0.2, 0.25) is 5.02 Å². The maximum absolute atomic E-state index is 10.8. The topological polar surface area (TPSA) is 92.5 Å². The fourth-order valence-corrected chi connectivity index (χ4v) is 1.62. The molecule has 1 rings (SSSR count). The van der Waals surface area contributed by atoms with E-state index in [-0.39, 0.29) is 23.2 Å². The molecule has 0 bridgehead atoms. The fraction of sp³-hybridized carbons (Fsp3) is 0.364. The van der Waals surface area contributed by atoms with Crippen molar-refractivity contribution in [1.29, 1.82) is 0 Å². The molecule has 0 radical (unpaired) electrons. The highest BCUT2D eigenvalue weighted by Gasteiger charge is 2.16. The van der Waals surface area contributed by atoms with Gasteiger partial charge in [-0.25, -0.2) is 0 Å². The van der Waals surface area contributed by atoms with Gasteiger partial charge in [-0.1, -0.05) is 11.6 Å². The van der Waals surface area contributed by atoms with Crippen LogP contribution >= 0.6 is 11.6 Å². The number of nitro benzene ring substituents is 1. The summed E-state index contributed by atoms with van der Waals surface area (Å²) >= 11 is 5.69. The number of carboxylic acid groups (broad SMARTS) is 1. The SMILES string of the molecule is CC(CCC(=O)O)Nc1ccc(Cl)cc1[N+](=O)[O-]. The zero-order valence-electron chi connectivity index (χ0n) is 9.72. The Kier molecular flexibility index (Phi) is 4.91. The molecule has 0 fully saturated rings. The number of nitrogens with one attached hydrogen (secondary N) is 1. The molecule has 0 spiro atoms. The highest BCUT2D eigenvalue weighted by atomic mass is 35.5. The summed E-state index contributed by atoms with van der Waals surface area (Å²) in [5.74, 6) is -0.894. The van der Waals surface area contributed by atoms with E-state index in [0.717, 1.165) is 0 Å². The third kappa shape index (κ3) is 4.21. The molecule has 98 valence electrons. The van der Waals surface area contributed by atoms with Gasteiger partial charge in [0, 0.05) is 23.6 Å². The molecule has 0 heterocycles. The predicted molar refractivity (Wildman–Crippen MR) is 68.1 cm³/mol. The quantitative estimate of drug-likeness (QED) is 0.613. The standard InChI is InChI=1S/C11H13ClN2O4/c1-7(2-5-11(15)16)13-9-4-3-8(12)6-10(9)14(17)18/h3-4,6-7,13H,2,5H2,1H3,(H,15,16). The van der Waals surface area contributed by atoms with Crippen LogP contribution in [-0.2, 0) is 4.79 Å². The second-order valence-electron chi connectivity index (χ2n) is 3.90. The van der Waals surface area contributed by atoms with E-state index in [4.69, 9.17) is 16.7 Å². The molecule has 0 aliphatic heterocycles. The van der Waals surface area contributed by atoms with E-state index in [1.54, 1.807) is 13.0 Å². The maximum atomic E-state index is 10.8. The van der Waals surface area contributed by atoms with Gasteiger partial charge in [0.15, 0.2) is 0 Å². The molecule has 6 nitrogen and oxygen atoms in total. The van der Waals surface area contributed by atoms with Crippen LogP contribution in [-0.4, -0.2) is 22.0 Å². The summed E-state index contributed by atoms with van der Waals surface area (Å²) in [7, 11) is 0. The minimum atomic E-state index is -0.894. The van der Waals surface area contributed by atoms with Crippen LogP contribution in [0.15, 0.2) is 18.2 Å². The summed E-state index contributed by atoms with van der Waals surface area (Å²) in [6, 6.07) is 4.13. The van der Waals surface area contributed by atoms with Crippen LogP contribution in [0.4, 0.5) is 11.4 Å². The normalized spacial score (nSPS) is 11.9. The Morgan fingerprint density at radius 1 is 1.61 bits per heavy atom. The van der Waals surface area contributed by atoms with E-state index >= 15 is 0 Å². The van der Waals surface area contributed by atoms with Gasteiger partial charge in [0.1, 0.15) is 5.69 Å². The Morgan fingerprint density at radius 3 is 2.83 bits per heavy atom. The number of halogens is 1. The molecule has 1 aromatic rings. The molecule has 18 heavy (non-hydrogen) atoms. The van der Waals surface area contributed by atoms with Crippen molar-refractivity contribution in [1.82, 2.24) is 0 Å². The first kappa shape index (κ1) is 14.2. The summed E-state index contributed by atoms with van der Waals surface area (Å²) < 4.78 is 0. The van der Waals surface area contributed by atoms with E-state index in [0.29, 0.717) is 12.1 Å². The largest absolute Gasteiger partial charge is 0.481 e. The molecule has 1 atom stereocenters. The van der Waals surface area contributed by atoms with Crippen molar-refractivity contribution < 1.29 is 14.8 Å². The average molecular weight is 273 g/mol. The van der Waals surface area contributed by atoms with Crippen molar-refractivity contribution in [3.63, 3.8) is 0 Å². The van der Waals surface area contributed by atoms with Crippen molar-refractivity contribution >= 4 is 28.9 Å². The Hall–Kier alpha value is -1.82. The number of carbonyl (C=O) groups is 1. The zero-order chi connectivity index (χ0) is 13.7. The van der Waals surface area contributed by atoms with Gasteiger partial charge in [-0.15, -0.1) is 0 Å². The van der Waals surface area contributed by atoms with E-state index in [2.05, 4.69) is 5.32 Å². The van der Waals surface area contributed by atoms with E-state index in [9.17, 15) is 14.9 Å². The smallest absolute Gasteiger partial charge is 0.303 e. The van der Waals surface area contributed by atoms with Gasteiger partial charge in [-0.2, -0.15) is 0 Å². The highest BCUT2D eigenvalue weighted by molar-refractivity contribution is 6.30. The molecule has 0 aliphatic carbocycles. The van der Waals surface area contributed by atoms with Gasteiger partial charge in [-0.3, -0.25) is 14.9 Å². The van der Waals surface area contributed by atoms with Crippen molar-refractivity contribution in [3.05, 3.63) is 33.3 Å². The first-order valence-corrected chi connectivity index (χ1v) is 5.70. The summed E-state index contributed by atoms with van der Waals surface area (Å²) in [6.07, 6.45) is 0.394. The van der Waals surface area contributed by atoms with Gasteiger partial charge in [0.05, 0.1) is 4.92 Å². The Labute approximate surface area is 109 Å². The maximum Gasteiger partial charge on any atom is 0.303 e. The molecule has 0 saturated heterocycles. The van der Waals surface area contributed by atoms with Crippen LogP contribution in [0.1, 0.15) is 19.8 Å². The minimum absolute atomic E-state index is 0.00948. The number of hydrogen-bond acceptors (Lipinski definition) is 4. The lowest BCUT2D eigenvalue weighted by Crippen LogP contribution is -2.17. The molecule has 0 aromatic heterocycles. The summed E-state index contributed by atoms with van der Waals surface area (Å²) in [5.41, 5.74) is 0.215. The summed E-state index contributed by atoms with van der Waals surface area (Å²) in [6.45, 7) is 1.77. The molecule has 0 saturated carbocycles. The predicted octanol–water partition coefficient (Wildman–Crippen LogP) is 2.91. The van der Waals surface area contributed by atoms with Crippen molar-refractivity contribution in [2.75, 3.05) is 5.32 Å². The first-order valence-electron chi connectivity index (χ1n) is 5.32. The zero-order valence-corrected chi connectivity index (χ0v) is 10.5. The van der Waals surface area contributed by atoms with Crippen LogP contribution in [0.25, 0.3) is 0 Å².